The third-order valence-corrected chi connectivity index (χ3v) is 5.16. The highest BCUT2D eigenvalue weighted by atomic mass is 16.7. The fraction of sp³-hybridized carbons (Fsp3) is 0.450. The van der Waals surface area contributed by atoms with Gasteiger partial charge in [-0.15, -0.1) is 0 Å². The Bertz CT molecular complexity index is 793. The molecule has 0 unspecified atom stereocenters. The SMILES string of the molecule is CCc1ccccc1Nc1cnc(C(=O)N2CCC3(CC2)OCCO3)cn1. The summed E-state index contributed by atoms with van der Waals surface area (Å²) in [5.74, 6) is 0.0387. The summed E-state index contributed by atoms with van der Waals surface area (Å²) in [5.41, 5.74) is 2.57. The second-order valence-corrected chi connectivity index (χ2v) is 6.82. The van der Waals surface area contributed by atoms with Crippen LogP contribution in [0.3, 0.4) is 0 Å². The van der Waals surface area contributed by atoms with Crippen LogP contribution in [-0.2, 0) is 15.9 Å². The van der Waals surface area contributed by atoms with Crippen molar-refractivity contribution in [1.29, 1.82) is 0 Å². The molecule has 7 heteroatoms. The summed E-state index contributed by atoms with van der Waals surface area (Å²) in [5, 5.41) is 3.27. The van der Waals surface area contributed by atoms with Crippen molar-refractivity contribution in [2.24, 2.45) is 0 Å². The average molecular weight is 368 g/mol. The molecule has 0 radical (unpaired) electrons. The third kappa shape index (κ3) is 3.79. The molecule has 2 aliphatic rings. The van der Waals surface area contributed by atoms with E-state index in [1.165, 1.54) is 11.8 Å². The maximum Gasteiger partial charge on any atom is 0.274 e. The zero-order chi connectivity index (χ0) is 18.7. The highest BCUT2D eigenvalue weighted by Crippen LogP contribution is 2.31. The van der Waals surface area contributed by atoms with E-state index in [1.807, 2.05) is 18.2 Å². The molecule has 0 saturated carbocycles. The number of piperidine rings is 1. The van der Waals surface area contributed by atoms with Crippen molar-refractivity contribution >= 4 is 17.4 Å². The Labute approximate surface area is 158 Å². The van der Waals surface area contributed by atoms with Gasteiger partial charge in [0, 0.05) is 31.6 Å². The van der Waals surface area contributed by atoms with E-state index in [2.05, 4.69) is 28.3 Å². The van der Waals surface area contributed by atoms with Crippen LogP contribution in [0.25, 0.3) is 0 Å². The monoisotopic (exact) mass is 368 g/mol. The van der Waals surface area contributed by atoms with Crippen LogP contribution >= 0.6 is 0 Å². The second-order valence-electron chi connectivity index (χ2n) is 6.82. The molecule has 0 aliphatic carbocycles. The Balaban J connectivity index is 1.39. The molecule has 2 aromatic rings. The van der Waals surface area contributed by atoms with Crippen molar-refractivity contribution in [1.82, 2.24) is 14.9 Å². The van der Waals surface area contributed by atoms with E-state index >= 15 is 0 Å². The fourth-order valence-electron chi connectivity index (χ4n) is 3.59. The topological polar surface area (TPSA) is 76.6 Å². The predicted molar refractivity (Wildman–Crippen MR) is 101 cm³/mol. The molecule has 2 fully saturated rings. The molecule has 1 spiro atoms. The Morgan fingerprint density at radius 2 is 1.89 bits per heavy atom. The minimum Gasteiger partial charge on any atom is -0.347 e. The van der Waals surface area contributed by atoms with Crippen molar-refractivity contribution in [2.45, 2.75) is 32.0 Å². The van der Waals surface area contributed by atoms with Crippen LogP contribution in [0, 0.1) is 0 Å². The number of amides is 1. The molecule has 1 aromatic carbocycles. The van der Waals surface area contributed by atoms with Crippen molar-refractivity contribution in [3.05, 3.63) is 47.9 Å². The van der Waals surface area contributed by atoms with E-state index in [9.17, 15) is 4.79 Å². The maximum atomic E-state index is 12.7. The number of likely N-dealkylation sites (tertiary alicyclic amines) is 1. The van der Waals surface area contributed by atoms with Crippen LogP contribution in [0.1, 0.15) is 35.8 Å². The molecular formula is C20H24N4O3. The third-order valence-electron chi connectivity index (χ3n) is 5.16. The minimum atomic E-state index is -0.483. The number of anilines is 2. The Morgan fingerprint density at radius 3 is 2.56 bits per heavy atom. The largest absolute Gasteiger partial charge is 0.347 e. The molecular weight excluding hydrogens is 344 g/mol. The van der Waals surface area contributed by atoms with Gasteiger partial charge in [0.25, 0.3) is 5.91 Å². The Morgan fingerprint density at radius 1 is 1.15 bits per heavy atom. The Hall–Kier alpha value is -2.51. The number of nitrogens with zero attached hydrogens (tertiary/aromatic N) is 3. The first-order valence-electron chi connectivity index (χ1n) is 9.43. The number of ether oxygens (including phenoxy) is 2. The van der Waals surface area contributed by atoms with Crippen molar-refractivity contribution in [3.8, 4) is 0 Å². The number of benzene rings is 1. The van der Waals surface area contributed by atoms with E-state index in [4.69, 9.17) is 9.47 Å². The molecule has 1 amide bonds. The lowest BCUT2D eigenvalue weighted by Crippen LogP contribution is -2.47. The molecule has 27 heavy (non-hydrogen) atoms. The summed E-state index contributed by atoms with van der Waals surface area (Å²) in [4.78, 5) is 23.2. The summed E-state index contributed by atoms with van der Waals surface area (Å²) in [6.45, 7) is 4.58. The van der Waals surface area contributed by atoms with E-state index in [0.29, 0.717) is 50.7 Å². The number of para-hydroxylation sites is 1. The summed E-state index contributed by atoms with van der Waals surface area (Å²) < 4.78 is 11.4. The highest BCUT2D eigenvalue weighted by molar-refractivity contribution is 5.92. The van der Waals surface area contributed by atoms with Gasteiger partial charge in [-0.05, 0) is 18.1 Å². The molecule has 2 aliphatic heterocycles. The zero-order valence-corrected chi connectivity index (χ0v) is 15.5. The lowest BCUT2D eigenvalue weighted by atomic mass is 10.0. The number of hydrogen-bond donors (Lipinski definition) is 1. The quantitative estimate of drug-likeness (QED) is 0.894. The number of hydrogen-bond acceptors (Lipinski definition) is 6. The van der Waals surface area contributed by atoms with Crippen LogP contribution in [0.15, 0.2) is 36.7 Å². The Kier molecular flexibility index (Phi) is 5.05. The summed E-state index contributed by atoms with van der Waals surface area (Å²) in [6, 6.07) is 8.08. The predicted octanol–water partition coefficient (Wildman–Crippen LogP) is 2.76. The van der Waals surface area contributed by atoms with Gasteiger partial charge in [-0.25, -0.2) is 9.97 Å². The van der Waals surface area contributed by atoms with Gasteiger partial charge < -0.3 is 19.7 Å². The molecule has 4 rings (SSSR count). The van der Waals surface area contributed by atoms with Gasteiger partial charge in [-0.1, -0.05) is 25.1 Å². The van der Waals surface area contributed by atoms with Crippen LogP contribution < -0.4 is 5.32 Å². The number of aryl methyl sites for hydroxylation is 1. The number of aromatic nitrogens is 2. The lowest BCUT2D eigenvalue weighted by molar-refractivity contribution is -0.181. The van der Waals surface area contributed by atoms with Gasteiger partial charge in [0.15, 0.2) is 5.79 Å². The highest BCUT2D eigenvalue weighted by Gasteiger charge is 2.41. The molecule has 3 heterocycles. The zero-order valence-electron chi connectivity index (χ0n) is 15.5. The van der Waals surface area contributed by atoms with E-state index in [-0.39, 0.29) is 5.91 Å². The molecule has 0 atom stereocenters. The van der Waals surface area contributed by atoms with Crippen LogP contribution in [-0.4, -0.2) is 52.9 Å². The number of nitrogens with one attached hydrogen (secondary N) is 1. The van der Waals surface area contributed by atoms with Crippen LogP contribution in [0.2, 0.25) is 0 Å². The van der Waals surface area contributed by atoms with E-state index < -0.39 is 5.79 Å². The van der Waals surface area contributed by atoms with Crippen molar-refractivity contribution in [3.63, 3.8) is 0 Å². The average Bonchev–Trinajstić information content (AvgIpc) is 3.17. The molecule has 1 N–H and O–H groups in total. The maximum absolute atomic E-state index is 12.7. The van der Waals surface area contributed by atoms with Gasteiger partial charge in [0.05, 0.1) is 25.6 Å². The van der Waals surface area contributed by atoms with Gasteiger partial charge in [-0.2, -0.15) is 0 Å². The lowest BCUT2D eigenvalue weighted by Gasteiger charge is -2.37. The molecule has 142 valence electrons. The van der Waals surface area contributed by atoms with Gasteiger partial charge in [-0.3, -0.25) is 4.79 Å². The second kappa shape index (κ2) is 7.62. The summed E-state index contributed by atoms with van der Waals surface area (Å²) in [7, 11) is 0. The molecule has 7 nitrogen and oxygen atoms in total. The van der Waals surface area contributed by atoms with E-state index in [1.54, 1.807) is 11.1 Å². The van der Waals surface area contributed by atoms with Gasteiger partial charge >= 0.3 is 0 Å². The van der Waals surface area contributed by atoms with Crippen molar-refractivity contribution in [2.75, 3.05) is 31.6 Å². The fourth-order valence-corrected chi connectivity index (χ4v) is 3.59. The first kappa shape index (κ1) is 17.9. The number of carbonyl (C=O) groups is 1. The standard InChI is InChI=1S/C20H24N4O3/c1-2-15-5-3-4-6-16(15)23-18-14-21-17(13-22-18)19(25)24-9-7-20(8-10-24)26-11-12-27-20/h3-6,13-14H,2,7-12H2,1H3,(H,22,23). The minimum absolute atomic E-state index is 0.101. The van der Waals surface area contributed by atoms with Gasteiger partial charge in [0.1, 0.15) is 11.5 Å². The molecule has 2 saturated heterocycles. The smallest absolute Gasteiger partial charge is 0.274 e. The van der Waals surface area contributed by atoms with Crippen LogP contribution in [0.5, 0.6) is 0 Å². The molecule has 0 bridgehead atoms. The first-order valence-corrected chi connectivity index (χ1v) is 9.43. The van der Waals surface area contributed by atoms with Gasteiger partial charge in [0.2, 0.25) is 0 Å². The summed E-state index contributed by atoms with van der Waals surface area (Å²) in [6.07, 6.45) is 5.46. The first-order chi connectivity index (χ1) is 13.2. The summed E-state index contributed by atoms with van der Waals surface area (Å²) >= 11 is 0. The normalized spacial score (nSPS) is 18.6. The van der Waals surface area contributed by atoms with Crippen molar-refractivity contribution < 1.29 is 14.3 Å². The molecule has 1 aromatic heterocycles. The number of carbonyl (C=O) groups excluding carboxylic acids is 1. The van der Waals surface area contributed by atoms with Crippen LogP contribution in [0.4, 0.5) is 11.5 Å². The number of rotatable bonds is 4. The van der Waals surface area contributed by atoms with E-state index in [0.717, 1.165) is 12.1 Å².